The number of carbonyl (C=O) groups is 12. The van der Waals surface area contributed by atoms with Crippen LogP contribution in [0.1, 0.15) is 253 Å². The summed E-state index contributed by atoms with van der Waals surface area (Å²) in [5.41, 5.74) is 41.7. The molecule has 5 aromatic carbocycles. The van der Waals surface area contributed by atoms with Gasteiger partial charge in [-0.25, -0.2) is 0 Å². The molecule has 38 heteroatoms. The van der Waals surface area contributed by atoms with Gasteiger partial charge in [-0.3, -0.25) is 57.5 Å². The molecular formula is C112H164BClF3N13O20. The van der Waals surface area contributed by atoms with Gasteiger partial charge in [0.05, 0.1) is 11.6 Å². The monoisotopic (exact) mass is 2110 g/mol. The molecule has 6 aliphatic heterocycles. The van der Waals surface area contributed by atoms with Crippen LogP contribution < -0.4 is 40.1 Å². The molecular weight excluding hydrogens is 1950 g/mol. The number of nitrogens with two attached hydrogens (primary N) is 7. The van der Waals surface area contributed by atoms with E-state index in [0.717, 1.165) is 189 Å². The maximum atomic E-state index is 13.1. The van der Waals surface area contributed by atoms with Gasteiger partial charge in [0.15, 0.2) is 0 Å². The first kappa shape index (κ1) is 123. The number of carboxylic acid groups (broad SMARTS) is 6. The van der Waals surface area contributed by atoms with Gasteiger partial charge >= 0.3 is 49.1 Å². The first-order valence-corrected chi connectivity index (χ1v) is 54.5. The van der Waals surface area contributed by atoms with Crippen molar-refractivity contribution in [2.24, 2.45) is 99.3 Å². The minimum atomic E-state index is -4.43. The Morgan fingerprint density at radius 1 is 0.387 bits per heavy atom. The number of carboxylic acids is 6. The lowest BCUT2D eigenvalue weighted by Gasteiger charge is -2.28. The lowest BCUT2D eigenvalue weighted by atomic mass is 9.78. The molecule has 3 aliphatic carbocycles. The number of halogens is 4. The summed E-state index contributed by atoms with van der Waals surface area (Å²) in [5.74, 6) is -8.10. The molecule has 6 amide bonds. The number of likely N-dealkylation sites (tertiary alicyclic amines) is 6. The lowest BCUT2D eigenvalue weighted by Crippen LogP contribution is -2.55. The minimum Gasteiger partial charge on any atom is -0.480 e. The molecule has 150 heavy (non-hydrogen) atoms. The van der Waals surface area contributed by atoms with Crippen LogP contribution in [0.4, 0.5) is 13.2 Å². The van der Waals surface area contributed by atoms with E-state index >= 15 is 0 Å². The largest absolute Gasteiger partial charge is 0.480 e. The quantitative estimate of drug-likeness (QED) is 0.0162. The Bertz CT molecular complexity index is 5260. The molecule has 0 bridgehead atoms. The van der Waals surface area contributed by atoms with E-state index < -0.39 is 106 Å². The second kappa shape index (κ2) is 56.4. The van der Waals surface area contributed by atoms with Crippen LogP contribution in [0.15, 0.2) is 127 Å². The van der Waals surface area contributed by atoms with Crippen LogP contribution in [0.5, 0.6) is 0 Å². The molecule has 9 aliphatic rings. The standard InChI is InChI=1S/C20H27ClN2O3.C20H28N2O3.C20H30N2O3.C19H26F3N3O3.C18H27BN2O5.C15H26N2O3/c1-2-3-4-16-11-23(12-20(16,22)19(25)26)18(24)15-6-5-14-10-17(21)8-7-13(14)9-15;1-2-3-8-17-12-22(13-20(17,21)19(24)25)18(23)16-10-9-14-6-4-5-7-15(14)11-16;1-3-5-11-17-13-22(14-20(17,21)19(24)25)18(23)16(4-2)12-15-9-7-6-8-10-15;1-2-3-4-14-10-25(11-18(14,24)17(27)28)16(26)15(23)9-12-5-7-13(8-6-12)19(20,21)22;20-18(17(23)24)13-21(12-15(18)9-5-11-19(25)26)16(22)10-4-8-14-6-2-1-3-7-14;1-2-3-8-12-9-17(10-15(12,16)14(19)20)13(18)11-6-4-5-7-11/h7-8,10,15-16H,2-6,9,11-12,22H2,1H3,(H,25,26);4-7,16-17H,2-3,8-13,21H2,1H3,(H,24,25);6-10,16-17H,3-5,11-14,21H2,1-2H3,(H,24,25);5-8,14-15H,2-4,9-11,23-24H2,1H3,(H,27,28);1-3,6-7,15,25-26H,4-5,8-13,20H2,(H,23,24);11-12H,2-10,16H2,1H3,(H,19,20)/t15?,16-,20-;2*16?,17-,20-;14-,15?,18-;15-,18-;12-,15-/m000000/s1. The molecule has 1 saturated carbocycles. The van der Waals surface area contributed by atoms with Gasteiger partial charge in [-0.1, -0.05) is 240 Å². The van der Waals surface area contributed by atoms with Gasteiger partial charge < -0.3 is 110 Å². The molecule has 0 aromatic heterocycles. The number of carbonyl (C=O) groups excluding carboxylic acids is 6. The highest BCUT2D eigenvalue weighted by atomic mass is 35.5. The van der Waals surface area contributed by atoms with Crippen molar-refractivity contribution in [3.05, 3.63) is 177 Å². The van der Waals surface area contributed by atoms with E-state index in [4.69, 9.17) is 61.8 Å². The summed E-state index contributed by atoms with van der Waals surface area (Å²) in [5, 5.41) is 75.9. The zero-order chi connectivity index (χ0) is 110. The van der Waals surface area contributed by atoms with E-state index in [9.17, 15) is 101 Å². The first-order valence-electron chi connectivity index (χ1n) is 54.1. The molecule has 828 valence electrons. The third kappa shape index (κ3) is 32.1. The Morgan fingerprint density at radius 2 is 0.720 bits per heavy atom. The molecule has 5 aromatic rings. The second-order valence-electron chi connectivity index (χ2n) is 43.4. The highest BCUT2D eigenvalue weighted by Crippen LogP contribution is 2.42. The summed E-state index contributed by atoms with van der Waals surface area (Å²) >= 11 is 6.05. The number of aryl methyl sites for hydroxylation is 3. The molecule has 16 atom stereocenters. The third-order valence-corrected chi connectivity index (χ3v) is 32.9. The van der Waals surface area contributed by atoms with Crippen molar-refractivity contribution in [3.63, 3.8) is 0 Å². The summed E-state index contributed by atoms with van der Waals surface area (Å²) in [7, 11) is -1.41. The summed E-state index contributed by atoms with van der Waals surface area (Å²) < 4.78 is 37.9. The zero-order valence-corrected chi connectivity index (χ0v) is 89.0. The molecule has 14 rings (SSSR count). The number of amides is 6. The summed E-state index contributed by atoms with van der Waals surface area (Å²) in [6, 6.07) is 37.4. The van der Waals surface area contributed by atoms with E-state index in [0.29, 0.717) is 83.2 Å². The average Bonchev–Trinajstić information content (AvgIpc) is 1.65. The zero-order valence-electron chi connectivity index (χ0n) is 88.3. The Balaban J connectivity index is 0.000000200. The number of unbranched alkanes of at least 4 members (excludes halogenated alkanes) is 5. The van der Waals surface area contributed by atoms with Crippen molar-refractivity contribution >= 4 is 90.0 Å². The van der Waals surface area contributed by atoms with Crippen LogP contribution >= 0.6 is 11.6 Å². The van der Waals surface area contributed by atoms with Crippen molar-refractivity contribution in [1.82, 2.24) is 29.4 Å². The molecule has 22 N–H and O–H groups in total. The average molecular weight is 2120 g/mol. The van der Waals surface area contributed by atoms with Gasteiger partial charge in [-0.15, -0.1) is 0 Å². The van der Waals surface area contributed by atoms with Gasteiger partial charge in [0, 0.05) is 149 Å². The van der Waals surface area contributed by atoms with E-state index in [1.54, 1.807) is 24.5 Å². The summed E-state index contributed by atoms with van der Waals surface area (Å²) in [6.07, 6.45) is 21.9. The fraction of sp³-hybridized carbons (Fsp3) is 0.625. The Morgan fingerprint density at radius 3 is 1.11 bits per heavy atom. The number of nitrogens with zero attached hydrogens (tertiary/aromatic N) is 6. The number of alkyl halides is 3. The molecule has 0 spiro atoms. The third-order valence-electron chi connectivity index (χ3n) is 32.6. The predicted molar refractivity (Wildman–Crippen MR) is 567 cm³/mol. The Labute approximate surface area is 885 Å². The number of aliphatic carboxylic acids is 6. The van der Waals surface area contributed by atoms with Crippen LogP contribution in [0.3, 0.4) is 0 Å². The van der Waals surface area contributed by atoms with Crippen molar-refractivity contribution in [1.29, 1.82) is 0 Å². The molecule has 0 radical (unpaired) electrons. The fourth-order valence-corrected chi connectivity index (χ4v) is 23.2. The second-order valence-corrected chi connectivity index (χ2v) is 43.9. The number of hydrogen-bond acceptors (Lipinski definition) is 21. The topological polar surface area (TPSA) is 568 Å². The predicted octanol–water partition coefficient (Wildman–Crippen LogP) is 11.9. The Kier molecular flexibility index (Phi) is 46.3. The highest BCUT2D eigenvalue weighted by molar-refractivity contribution is 6.40. The van der Waals surface area contributed by atoms with Gasteiger partial charge in [0.2, 0.25) is 35.4 Å². The Hall–Kier alpha value is -10.5. The van der Waals surface area contributed by atoms with Crippen molar-refractivity contribution in [2.75, 3.05) is 78.5 Å². The van der Waals surface area contributed by atoms with E-state index in [-0.39, 0.29) is 141 Å². The minimum absolute atomic E-state index is 0.00114. The van der Waals surface area contributed by atoms with Crippen LogP contribution in [0.25, 0.3) is 0 Å². The van der Waals surface area contributed by atoms with Gasteiger partial charge in [-0.2, -0.15) is 13.2 Å². The van der Waals surface area contributed by atoms with Crippen LogP contribution in [-0.4, -0.2) is 266 Å². The SMILES string of the molecule is CCCC[C@H]1CN(C(=O)C(CC)Cc2ccccc2)C[C@@]1(N)C(=O)O.CCCC[C@H]1CN(C(=O)C(N)Cc2ccc(C(F)(F)F)cc2)C[C@@]1(N)C(=O)O.CCCC[C@H]1CN(C(=O)C2CCCC2)C[C@@]1(N)C(=O)O.CCCC[C@H]1CN(C(=O)C2CCc3cc(Cl)ccc3C2)C[C@@]1(N)C(=O)O.CCCC[C@H]1CN(C(=O)C2CCc3ccccc3C2)C[C@@]1(N)C(=O)O.N[C@@]1(C(=O)O)CN(C(=O)CCCc2ccccc2)C[C@@H]1CCCB(O)O. The molecule has 7 fully saturated rings. The van der Waals surface area contributed by atoms with Crippen molar-refractivity contribution in [3.8, 4) is 0 Å². The van der Waals surface area contributed by atoms with Crippen molar-refractivity contribution in [2.45, 2.75) is 305 Å². The van der Waals surface area contributed by atoms with Gasteiger partial charge in [0.25, 0.3) is 0 Å². The van der Waals surface area contributed by atoms with E-state index in [1.165, 1.54) is 39.3 Å². The van der Waals surface area contributed by atoms with Crippen LogP contribution in [0, 0.1) is 59.2 Å². The molecule has 4 unspecified atom stereocenters. The van der Waals surface area contributed by atoms with Crippen LogP contribution in [0.2, 0.25) is 11.3 Å². The molecule has 33 nitrogen and oxygen atoms in total. The summed E-state index contributed by atoms with van der Waals surface area (Å²) in [4.78, 5) is 156. The summed E-state index contributed by atoms with van der Waals surface area (Å²) in [6.45, 7) is 15.1. The van der Waals surface area contributed by atoms with E-state index in [2.05, 4.69) is 39.8 Å². The highest BCUT2D eigenvalue weighted by Gasteiger charge is 2.58. The number of benzene rings is 5. The first-order chi connectivity index (χ1) is 71.0. The smallest absolute Gasteiger partial charge is 0.451 e. The normalized spacial score (nSPS) is 26.1. The molecule has 6 saturated heterocycles. The number of hydrogen-bond donors (Lipinski definition) is 15. The lowest BCUT2D eigenvalue weighted by molar-refractivity contribution is -0.146. The molecule has 6 heterocycles. The van der Waals surface area contributed by atoms with Crippen molar-refractivity contribution < 1.29 is 111 Å². The van der Waals surface area contributed by atoms with Gasteiger partial charge in [-0.05, 0) is 192 Å². The van der Waals surface area contributed by atoms with Gasteiger partial charge in [0.1, 0.15) is 33.2 Å². The fourth-order valence-electron chi connectivity index (χ4n) is 23.0. The van der Waals surface area contributed by atoms with E-state index in [1.807, 2.05) is 105 Å². The maximum Gasteiger partial charge on any atom is 0.451 e. The number of rotatable bonds is 39. The van der Waals surface area contributed by atoms with Crippen LogP contribution in [-0.2, 0) is 109 Å². The number of fused-ring (bicyclic) bond motifs is 2. The maximum absolute atomic E-state index is 13.1.